The molecule has 0 saturated carbocycles. The van der Waals surface area contributed by atoms with Crippen LogP contribution in [0.5, 0.6) is 11.5 Å². The fraction of sp³-hybridized carbons (Fsp3) is 0.261. The minimum absolute atomic E-state index is 0.122. The summed E-state index contributed by atoms with van der Waals surface area (Å²) in [6, 6.07) is 15.0. The summed E-state index contributed by atoms with van der Waals surface area (Å²) < 4.78 is 11.1. The number of amides is 2. The highest BCUT2D eigenvalue weighted by Gasteiger charge is 2.32. The first-order valence-corrected chi connectivity index (χ1v) is 11.3. The van der Waals surface area contributed by atoms with Crippen molar-refractivity contribution >= 4 is 46.2 Å². The fourth-order valence-electron chi connectivity index (χ4n) is 3.43. The lowest BCUT2D eigenvalue weighted by molar-refractivity contribution is -0.132. The van der Waals surface area contributed by atoms with Gasteiger partial charge in [0, 0.05) is 26.1 Å². The van der Waals surface area contributed by atoms with E-state index in [-0.39, 0.29) is 44.7 Å². The molecule has 166 valence electrons. The number of thioether (sulfide) groups is 1. The van der Waals surface area contributed by atoms with Gasteiger partial charge in [-0.3, -0.25) is 14.5 Å². The van der Waals surface area contributed by atoms with Crippen LogP contribution in [0.2, 0.25) is 0 Å². The highest BCUT2D eigenvalue weighted by Crippen LogP contribution is 2.36. The van der Waals surface area contributed by atoms with Crippen LogP contribution in [0.3, 0.4) is 0 Å². The number of benzene rings is 2. The number of ether oxygens (including phenoxy) is 2. The lowest BCUT2D eigenvalue weighted by Crippen LogP contribution is -2.37. The van der Waals surface area contributed by atoms with Crippen LogP contribution in [-0.2, 0) is 16.1 Å². The number of rotatable bonds is 8. The Labute approximate surface area is 195 Å². The molecule has 0 radical (unpaired) electrons. The Morgan fingerprint density at radius 3 is 2.75 bits per heavy atom. The van der Waals surface area contributed by atoms with Gasteiger partial charge < -0.3 is 19.5 Å². The van der Waals surface area contributed by atoms with Crippen molar-refractivity contribution in [3.05, 3.63) is 64.6 Å². The van der Waals surface area contributed by atoms with Crippen molar-refractivity contribution in [1.29, 1.82) is 0 Å². The van der Waals surface area contributed by atoms with Crippen molar-refractivity contribution < 1.29 is 24.2 Å². The van der Waals surface area contributed by atoms with Crippen LogP contribution in [0.25, 0.3) is 6.08 Å². The molecule has 2 aliphatic heterocycles. The van der Waals surface area contributed by atoms with Crippen LogP contribution in [0.15, 0.2) is 53.4 Å². The summed E-state index contributed by atoms with van der Waals surface area (Å²) >= 11 is 6.60. The average molecular weight is 471 g/mol. The standard InChI is InChI=1S/C23H22N2O5S2/c26-11-10-24(14-16-4-2-1-3-5-16)21(27)8-9-25-22(28)20(32-23(25)31)13-17-6-7-18-19(12-17)30-15-29-18/h1-7,12-13,26H,8-11,14-15H2/b20-13-. The van der Waals surface area contributed by atoms with Crippen molar-refractivity contribution in [2.75, 3.05) is 26.5 Å². The smallest absolute Gasteiger partial charge is 0.266 e. The molecule has 9 heteroatoms. The van der Waals surface area contributed by atoms with Crippen molar-refractivity contribution in [3.63, 3.8) is 0 Å². The molecule has 32 heavy (non-hydrogen) atoms. The van der Waals surface area contributed by atoms with Gasteiger partial charge in [0.15, 0.2) is 11.5 Å². The van der Waals surface area contributed by atoms with E-state index in [2.05, 4.69) is 0 Å². The molecule has 1 fully saturated rings. The van der Waals surface area contributed by atoms with E-state index in [1.165, 1.54) is 16.7 Å². The average Bonchev–Trinajstić information content (AvgIpc) is 3.36. The van der Waals surface area contributed by atoms with E-state index in [1.54, 1.807) is 17.0 Å². The second-order valence-electron chi connectivity index (χ2n) is 7.22. The van der Waals surface area contributed by atoms with E-state index in [1.807, 2.05) is 42.5 Å². The van der Waals surface area contributed by atoms with E-state index in [9.17, 15) is 14.7 Å². The number of carbonyl (C=O) groups excluding carboxylic acids is 2. The summed E-state index contributed by atoms with van der Waals surface area (Å²) in [5, 5.41) is 9.35. The van der Waals surface area contributed by atoms with E-state index in [0.717, 1.165) is 11.1 Å². The highest BCUT2D eigenvalue weighted by atomic mass is 32.2. The molecule has 2 heterocycles. The number of hydrogen-bond donors (Lipinski definition) is 1. The molecule has 4 rings (SSSR count). The fourth-order valence-corrected chi connectivity index (χ4v) is 4.74. The molecule has 0 aromatic heterocycles. The summed E-state index contributed by atoms with van der Waals surface area (Å²) in [7, 11) is 0. The molecule has 2 aliphatic rings. The molecule has 0 atom stereocenters. The van der Waals surface area contributed by atoms with Gasteiger partial charge in [0.05, 0.1) is 11.5 Å². The number of nitrogens with zero attached hydrogens (tertiary/aromatic N) is 2. The zero-order valence-corrected chi connectivity index (χ0v) is 18.9. The summed E-state index contributed by atoms with van der Waals surface area (Å²) in [5.41, 5.74) is 1.79. The molecule has 0 spiro atoms. The predicted molar refractivity (Wildman–Crippen MR) is 126 cm³/mol. The Morgan fingerprint density at radius 1 is 1.19 bits per heavy atom. The molecule has 7 nitrogen and oxygen atoms in total. The van der Waals surface area contributed by atoms with Gasteiger partial charge in [-0.1, -0.05) is 60.4 Å². The Morgan fingerprint density at radius 2 is 1.97 bits per heavy atom. The molecule has 2 aromatic carbocycles. The summed E-state index contributed by atoms with van der Waals surface area (Å²) in [4.78, 5) is 29.2. The third-order valence-electron chi connectivity index (χ3n) is 5.06. The first-order chi connectivity index (χ1) is 15.5. The largest absolute Gasteiger partial charge is 0.454 e. The topological polar surface area (TPSA) is 79.3 Å². The highest BCUT2D eigenvalue weighted by molar-refractivity contribution is 8.26. The first kappa shape index (κ1) is 22.3. The molecule has 2 aromatic rings. The number of hydrogen-bond acceptors (Lipinski definition) is 7. The maximum Gasteiger partial charge on any atom is 0.266 e. The second kappa shape index (κ2) is 10.2. The second-order valence-corrected chi connectivity index (χ2v) is 8.90. The van der Waals surface area contributed by atoms with Crippen molar-refractivity contribution in [2.24, 2.45) is 0 Å². The molecule has 1 N–H and O–H groups in total. The van der Waals surface area contributed by atoms with Gasteiger partial charge in [0.2, 0.25) is 12.7 Å². The number of thiocarbonyl (C=S) groups is 1. The number of carbonyl (C=O) groups is 2. The molecular formula is C23H22N2O5S2. The summed E-state index contributed by atoms with van der Waals surface area (Å²) in [6.07, 6.45) is 1.88. The van der Waals surface area contributed by atoms with Gasteiger partial charge in [-0.15, -0.1) is 0 Å². The molecule has 0 aliphatic carbocycles. The van der Waals surface area contributed by atoms with Crippen LogP contribution >= 0.6 is 24.0 Å². The first-order valence-electron chi connectivity index (χ1n) is 10.1. The van der Waals surface area contributed by atoms with E-state index >= 15 is 0 Å². The van der Waals surface area contributed by atoms with Gasteiger partial charge >= 0.3 is 0 Å². The third kappa shape index (κ3) is 5.12. The van der Waals surface area contributed by atoms with Gasteiger partial charge in [0.1, 0.15) is 4.32 Å². The van der Waals surface area contributed by atoms with Gasteiger partial charge in [-0.2, -0.15) is 0 Å². The molecule has 0 unspecified atom stereocenters. The molecule has 1 saturated heterocycles. The van der Waals surface area contributed by atoms with Gasteiger partial charge in [-0.25, -0.2) is 0 Å². The Balaban J connectivity index is 1.39. The van der Waals surface area contributed by atoms with E-state index in [4.69, 9.17) is 21.7 Å². The zero-order chi connectivity index (χ0) is 22.5. The van der Waals surface area contributed by atoms with Crippen LogP contribution in [0.1, 0.15) is 17.5 Å². The zero-order valence-electron chi connectivity index (χ0n) is 17.2. The minimum atomic E-state index is -0.220. The van der Waals surface area contributed by atoms with Crippen LogP contribution < -0.4 is 9.47 Å². The molecule has 0 bridgehead atoms. The SMILES string of the molecule is O=C(CCN1C(=O)/C(=C/c2ccc3c(c2)OCO3)SC1=S)N(CCO)Cc1ccccc1. The van der Waals surface area contributed by atoms with Crippen molar-refractivity contribution in [3.8, 4) is 11.5 Å². The number of aliphatic hydroxyl groups excluding tert-OH is 1. The summed E-state index contributed by atoms with van der Waals surface area (Å²) in [5.74, 6) is 0.956. The van der Waals surface area contributed by atoms with E-state index in [0.29, 0.717) is 27.3 Å². The molecule has 2 amide bonds. The van der Waals surface area contributed by atoms with Crippen molar-refractivity contribution in [2.45, 2.75) is 13.0 Å². The summed E-state index contributed by atoms with van der Waals surface area (Å²) in [6.45, 7) is 0.891. The Hall–Kier alpha value is -2.88. The monoisotopic (exact) mass is 470 g/mol. The normalized spacial score (nSPS) is 16.2. The lowest BCUT2D eigenvalue weighted by atomic mass is 10.2. The van der Waals surface area contributed by atoms with Gasteiger partial charge in [-0.05, 0) is 29.3 Å². The predicted octanol–water partition coefficient (Wildman–Crippen LogP) is 3.03. The lowest BCUT2D eigenvalue weighted by Gasteiger charge is -2.23. The minimum Gasteiger partial charge on any atom is -0.454 e. The van der Waals surface area contributed by atoms with E-state index < -0.39 is 0 Å². The Bertz CT molecular complexity index is 1060. The van der Waals surface area contributed by atoms with Gasteiger partial charge in [0.25, 0.3) is 5.91 Å². The molecular weight excluding hydrogens is 448 g/mol. The van der Waals surface area contributed by atoms with Crippen LogP contribution in [0.4, 0.5) is 0 Å². The van der Waals surface area contributed by atoms with Crippen LogP contribution in [-0.4, -0.2) is 57.5 Å². The van der Waals surface area contributed by atoms with Crippen molar-refractivity contribution in [1.82, 2.24) is 9.80 Å². The number of aliphatic hydroxyl groups is 1. The third-order valence-corrected chi connectivity index (χ3v) is 6.43. The quantitative estimate of drug-likeness (QED) is 0.469. The Kier molecular flexibility index (Phi) is 7.09. The van der Waals surface area contributed by atoms with Crippen LogP contribution in [0, 0.1) is 0 Å². The maximum absolute atomic E-state index is 12.9. The maximum atomic E-state index is 12.9. The number of fused-ring (bicyclic) bond motifs is 1.